The zero-order chi connectivity index (χ0) is 29.7. The fraction of sp³-hybridized carbons (Fsp3) is 0.265. The minimum absolute atomic E-state index is 0.109. The van der Waals surface area contributed by atoms with Gasteiger partial charge in [-0.3, -0.25) is 9.10 Å². The first-order valence-corrected chi connectivity index (χ1v) is 15.7. The molecule has 0 fully saturated rings. The Hall–Kier alpha value is -4.30. The third-order valence-electron chi connectivity index (χ3n) is 7.82. The van der Waals surface area contributed by atoms with E-state index in [1.807, 2.05) is 61.5 Å². The van der Waals surface area contributed by atoms with Gasteiger partial charge in [0.25, 0.3) is 10.0 Å². The lowest BCUT2D eigenvalue weighted by Gasteiger charge is -2.41. The molecule has 0 bridgehead atoms. The molecule has 42 heavy (non-hydrogen) atoms. The monoisotopic (exact) mass is 584 g/mol. The molecule has 0 saturated heterocycles. The Kier molecular flexibility index (Phi) is 8.54. The number of fused-ring (bicyclic) bond motifs is 1. The molecule has 0 aromatic heterocycles. The van der Waals surface area contributed by atoms with Crippen molar-refractivity contribution in [3.05, 3.63) is 114 Å². The molecule has 8 heteroatoms. The second-order valence-corrected chi connectivity index (χ2v) is 12.5. The van der Waals surface area contributed by atoms with Crippen molar-refractivity contribution < 1.29 is 22.7 Å². The first-order valence-electron chi connectivity index (χ1n) is 14.2. The fourth-order valence-electron chi connectivity index (χ4n) is 5.26. The van der Waals surface area contributed by atoms with Gasteiger partial charge in [0.1, 0.15) is 29.4 Å². The average Bonchev–Trinajstić information content (AvgIpc) is 3.01. The van der Waals surface area contributed by atoms with Gasteiger partial charge in [-0.1, -0.05) is 67.9 Å². The van der Waals surface area contributed by atoms with E-state index in [2.05, 4.69) is 19.2 Å². The zero-order valence-electron chi connectivity index (χ0n) is 24.1. The summed E-state index contributed by atoms with van der Waals surface area (Å²) in [5.74, 6) is 1.56. The number of carbonyl (C=O) groups excluding carboxylic acids is 1. The molecule has 0 spiro atoms. The summed E-state index contributed by atoms with van der Waals surface area (Å²) in [4.78, 5) is 13.8. The van der Waals surface area contributed by atoms with Gasteiger partial charge in [-0.05, 0) is 74.4 Å². The number of benzene rings is 4. The highest BCUT2D eigenvalue weighted by molar-refractivity contribution is 7.92. The first kappa shape index (κ1) is 29.2. The van der Waals surface area contributed by atoms with Crippen LogP contribution >= 0.6 is 0 Å². The number of amides is 1. The predicted octanol–water partition coefficient (Wildman–Crippen LogP) is 7.18. The van der Waals surface area contributed by atoms with Crippen LogP contribution in [0.3, 0.4) is 0 Å². The summed E-state index contributed by atoms with van der Waals surface area (Å²) in [7, 11) is -4.06. The van der Waals surface area contributed by atoms with Gasteiger partial charge >= 0.3 is 0 Å². The molecule has 1 heterocycles. The van der Waals surface area contributed by atoms with E-state index in [0.717, 1.165) is 34.0 Å². The highest BCUT2D eigenvalue weighted by atomic mass is 32.2. The summed E-state index contributed by atoms with van der Waals surface area (Å²) in [5, 5.41) is 3.13. The van der Waals surface area contributed by atoms with Crippen LogP contribution in [0, 0.1) is 6.92 Å². The van der Waals surface area contributed by atoms with E-state index in [-0.39, 0.29) is 17.5 Å². The van der Waals surface area contributed by atoms with Crippen molar-refractivity contribution in [3.63, 3.8) is 0 Å². The van der Waals surface area contributed by atoms with Crippen molar-refractivity contribution in [1.82, 2.24) is 5.32 Å². The lowest BCUT2D eigenvalue weighted by atomic mass is 9.83. The number of sulfonamides is 1. The third kappa shape index (κ3) is 6.29. The van der Waals surface area contributed by atoms with E-state index in [1.165, 1.54) is 0 Å². The van der Waals surface area contributed by atoms with Crippen LogP contribution in [0.25, 0.3) is 0 Å². The van der Waals surface area contributed by atoms with Crippen molar-refractivity contribution in [3.8, 4) is 17.2 Å². The number of nitrogens with zero attached hydrogens (tertiary/aromatic N) is 1. The van der Waals surface area contributed by atoms with Gasteiger partial charge in [-0.15, -0.1) is 0 Å². The van der Waals surface area contributed by atoms with E-state index in [9.17, 15) is 13.2 Å². The van der Waals surface area contributed by atoms with Crippen LogP contribution in [0.15, 0.2) is 108 Å². The van der Waals surface area contributed by atoms with Crippen molar-refractivity contribution in [2.75, 3.05) is 10.8 Å². The Morgan fingerprint density at radius 2 is 1.50 bits per heavy atom. The molecule has 4 aromatic rings. The molecule has 0 radical (unpaired) electrons. The Bertz CT molecular complexity index is 1620. The number of hydrogen-bond acceptors (Lipinski definition) is 5. The van der Waals surface area contributed by atoms with E-state index in [4.69, 9.17) is 9.47 Å². The Balaban J connectivity index is 1.43. The smallest absolute Gasteiger partial charge is 0.264 e. The minimum atomic E-state index is -4.06. The molecule has 0 aliphatic carbocycles. The van der Waals surface area contributed by atoms with Crippen LogP contribution < -0.4 is 19.1 Å². The van der Waals surface area contributed by atoms with Crippen molar-refractivity contribution in [2.24, 2.45) is 0 Å². The molecule has 4 aromatic carbocycles. The van der Waals surface area contributed by atoms with Crippen LogP contribution in [0.1, 0.15) is 50.3 Å². The molecule has 0 saturated carbocycles. The maximum absolute atomic E-state index is 13.9. The standard InChI is InChI=1S/C34H36N2O5S/c1-4-34(5-2)23-31(30-13-9-10-14-32(30)41-34)35-33(37)24-36(42(38,39)29-21-15-25(3)16-22-29)26-17-19-28(20-18-26)40-27-11-7-6-8-12-27/h6-22,31H,4-5,23-24H2,1-3H3,(H,35,37)/t31-/m1/s1. The molecular weight excluding hydrogens is 548 g/mol. The van der Waals surface area contributed by atoms with Gasteiger partial charge in [0, 0.05) is 12.0 Å². The Morgan fingerprint density at radius 3 is 2.17 bits per heavy atom. The molecule has 1 amide bonds. The SMILES string of the molecule is CCC1(CC)C[C@@H](NC(=O)CN(c2ccc(Oc3ccccc3)cc2)S(=O)(=O)c2ccc(C)cc2)c2ccccc2O1. The summed E-state index contributed by atoms with van der Waals surface area (Å²) in [6.45, 7) is 5.67. The third-order valence-corrected chi connectivity index (χ3v) is 9.61. The van der Waals surface area contributed by atoms with E-state index >= 15 is 0 Å². The van der Waals surface area contributed by atoms with Gasteiger partial charge < -0.3 is 14.8 Å². The highest BCUT2D eigenvalue weighted by Crippen LogP contribution is 2.42. The van der Waals surface area contributed by atoms with Crippen LogP contribution in [0.4, 0.5) is 5.69 Å². The maximum atomic E-state index is 13.9. The molecule has 0 unspecified atom stereocenters. The normalized spacial score (nSPS) is 15.6. The van der Waals surface area contributed by atoms with Crippen molar-refractivity contribution >= 4 is 21.6 Å². The average molecular weight is 585 g/mol. The van der Waals surface area contributed by atoms with E-state index in [1.54, 1.807) is 48.5 Å². The second kappa shape index (κ2) is 12.3. The molecule has 5 rings (SSSR count). The molecule has 1 aliphatic rings. The van der Waals surface area contributed by atoms with E-state index in [0.29, 0.717) is 23.6 Å². The van der Waals surface area contributed by atoms with Gasteiger partial charge in [0.15, 0.2) is 0 Å². The zero-order valence-corrected chi connectivity index (χ0v) is 24.9. The topological polar surface area (TPSA) is 84.9 Å². The summed E-state index contributed by atoms with van der Waals surface area (Å²) >= 11 is 0. The van der Waals surface area contributed by atoms with Crippen LogP contribution in [0.2, 0.25) is 0 Å². The predicted molar refractivity (Wildman–Crippen MR) is 165 cm³/mol. The van der Waals surface area contributed by atoms with Gasteiger partial charge in [0.05, 0.1) is 16.6 Å². The van der Waals surface area contributed by atoms with E-state index < -0.39 is 21.5 Å². The number of para-hydroxylation sites is 2. The van der Waals surface area contributed by atoms with Gasteiger partial charge in [-0.25, -0.2) is 8.42 Å². The summed E-state index contributed by atoms with van der Waals surface area (Å²) in [6, 6.07) is 30.0. The second-order valence-electron chi connectivity index (χ2n) is 10.6. The Labute approximate surface area is 248 Å². The quantitative estimate of drug-likeness (QED) is 0.213. The molecule has 1 N–H and O–H groups in total. The molecule has 218 valence electrons. The number of aryl methyl sites for hydroxylation is 1. The first-order chi connectivity index (χ1) is 20.2. The van der Waals surface area contributed by atoms with Crippen molar-refractivity contribution in [2.45, 2.75) is 56.6 Å². The van der Waals surface area contributed by atoms with Gasteiger partial charge in [-0.2, -0.15) is 0 Å². The maximum Gasteiger partial charge on any atom is 0.264 e. The summed E-state index contributed by atoms with van der Waals surface area (Å²) in [5.41, 5.74) is 1.78. The van der Waals surface area contributed by atoms with Gasteiger partial charge in [0.2, 0.25) is 5.91 Å². The lowest BCUT2D eigenvalue weighted by molar-refractivity contribution is -0.121. The highest BCUT2D eigenvalue weighted by Gasteiger charge is 2.39. The van der Waals surface area contributed by atoms with Crippen LogP contribution in [0.5, 0.6) is 17.2 Å². The molecule has 7 nitrogen and oxygen atoms in total. The number of carbonyl (C=O) groups is 1. The fourth-order valence-corrected chi connectivity index (χ4v) is 6.68. The molecular formula is C34H36N2O5S. The Morgan fingerprint density at radius 1 is 0.881 bits per heavy atom. The van der Waals surface area contributed by atoms with Crippen molar-refractivity contribution in [1.29, 1.82) is 0 Å². The number of nitrogens with one attached hydrogen (secondary N) is 1. The summed E-state index contributed by atoms with van der Waals surface area (Å²) < 4.78 is 41.3. The minimum Gasteiger partial charge on any atom is -0.487 e. The van der Waals surface area contributed by atoms with Crippen LogP contribution in [-0.2, 0) is 14.8 Å². The number of hydrogen-bond donors (Lipinski definition) is 1. The van der Waals surface area contributed by atoms with Crippen LogP contribution in [-0.4, -0.2) is 26.5 Å². The summed E-state index contributed by atoms with van der Waals surface area (Å²) in [6.07, 6.45) is 2.17. The molecule has 1 aliphatic heterocycles. The lowest BCUT2D eigenvalue weighted by Crippen LogP contribution is -2.47. The molecule has 1 atom stereocenters. The number of anilines is 1. The largest absolute Gasteiger partial charge is 0.487 e. The number of rotatable bonds is 10. The number of ether oxygens (including phenoxy) is 2.